The van der Waals surface area contributed by atoms with Gasteiger partial charge in [0, 0.05) is 6.54 Å². The van der Waals surface area contributed by atoms with Crippen LogP contribution in [0.4, 0.5) is 0 Å². The van der Waals surface area contributed by atoms with Crippen LogP contribution in [0, 0.1) is 0 Å². The van der Waals surface area contributed by atoms with Gasteiger partial charge in [-0.3, -0.25) is 4.79 Å². The van der Waals surface area contributed by atoms with Crippen LogP contribution in [0.5, 0.6) is 0 Å². The zero-order chi connectivity index (χ0) is 13.5. The van der Waals surface area contributed by atoms with Crippen molar-refractivity contribution in [3.8, 4) is 0 Å². The Bertz CT molecular complexity index is 230. The summed E-state index contributed by atoms with van der Waals surface area (Å²) in [6.45, 7) is 7.19. The van der Waals surface area contributed by atoms with Crippen LogP contribution < -0.4 is 5.73 Å². The van der Waals surface area contributed by atoms with Crippen LogP contribution in [0.25, 0.3) is 0 Å². The number of likely N-dealkylation sites (N-methyl/N-ethyl adjacent to an activating group) is 1. The Morgan fingerprint density at radius 1 is 1.35 bits per heavy atom. The van der Waals surface area contributed by atoms with Gasteiger partial charge in [0.05, 0.1) is 7.11 Å². The Balaban J connectivity index is 4.15. The standard InChI is InChI=1S/C12H27N3O2/c1-6-15(9-7-8-14(3)4)10-12(2,13)11(16)17-5/h6-10,13H2,1-5H3. The first-order chi connectivity index (χ1) is 7.83. The predicted molar refractivity (Wildman–Crippen MR) is 69.9 cm³/mol. The average Bonchev–Trinajstić information content (AvgIpc) is 2.25. The van der Waals surface area contributed by atoms with Gasteiger partial charge in [-0.1, -0.05) is 6.92 Å². The number of rotatable bonds is 8. The molecule has 0 aromatic heterocycles. The first kappa shape index (κ1) is 16.4. The summed E-state index contributed by atoms with van der Waals surface area (Å²) in [5.74, 6) is -0.358. The Hall–Kier alpha value is -0.650. The summed E-state index contributed by atoms with van der Waals surface area (Å²) in [5, 5.41) is 0. The Morgan fingerprint density at radius 3 is 2.35 bits per heavy atom. The Labute approximate surface area is 105 Å². The second-order valence-electron chi connectivity index (χ2n) is 4.93. The molecule has 5 heteroatoms. The predicted octanol–water partition coefficient (Wildman–Crippen LogP) is 0.150. The van der Waals surface area contributed by atoms with Gasteiger partial charge in [-0.15, -0.1) is 0 Å². The number of carbonyl (C=O) groups excluding carboxylic acids is 1. The van der Waals surface area contributed by atoms with E-state index in [1.165, 1.54) is 7.11 Å². The first-order valence-corrected chi connectivity index (χ1v) is 6.08. The zero-order valence-electron chi connectivity index (χ0n) is 11.8. The van der Waals surface area contributed by atoms with Gasteiger partial charge in [-0.25, -0.2) is 0 Å². The maximum Gasteiger partial charge on any atom is 0.326 e. The molecule has 102 valence electrons. The number of methoxy groups -OCH3 is 1. The molecule has 0 radical (unpaired) electrons. The molecule has 0 saturated carbocycles. The number of nitrogens with two attached hydrogens (primary N) is 1. The van der Waals surface area contributed by atoms with Crippen molar-refractivity contribution in [3.05, 3.63) is 0 Å². The van der Waals surface area contributed by atoms with Crippen LogP contribution in [0.2, 0.25) is 0 Å². The van der Waals surface area contributed by atoms with Gasteiger partial charge in [0.1, 0.15) is 5.54 Å². The zero-order valence-corrected chi connectivity index (χ0v) is 11.8. The van der Waals surface area contributed by atoms with Crippen LogP contribution >= 0.6 is 0 Å². The summed E-state index contributed by atoms with van der Waals surface area (Å²) in [4.78, 5) is 15.8. The smallest absolute Gasteiger partial charge is 0.326 e. The van der Waals surface area contributed by atoms with E-state index in [1.807, 2.05) is 0 Å². The summed E-state index contributed by atoms with van der Waals surface area (Å²) in [6, 6.07) is 0. The van der Waals surface area contributed by atoms with Crippen molar-refractivity contribution in [2.45, 2.75) is 25.8 Å². The Kier molecular flexibility index (Phi) is 7.34. The van der Waals surface area contributed by atoms with Crippen molar-refractivity contribution in [1.29, 1.82) is 0 Å². The number of hydrogen-bond donors (Lipinski definition) is 1. The van der Waals surface area contributed by atoms with Gasteiger partial charge >= 0.3 is 5.97 Å². The fourth-order valence-corrected chi connectivity index (χ4v) is 1.72. The molecule has 2 N–H and O–H groups in total. The molecule has 0 aromatic rings. The van der Waals surface area contributed by atoms with Gasteiger partial charge < -0.3 is 20.3 Å². The van der Waals surface area contributed by atoms with Gasteiger partial charge in [-0.2, -0.15) is 0 Å². The minimum Gasteiger partial charge on any atom is -0.468 e. The molecule has 0 aliphatic heterocycles. The van der Waals surface area contributed by atoms with E-state index in [0.29, 0.717) is 6.54 Å². The minimum atomic E-state index is -0.928. The summed E-state index contributed by atoms with van der Waals surface area (Å²) < 4.78 is 4.70. The summed E-state index contributed by atoms with van der Waals surface area (Å²) >= 11 is 0. The van der Waals surface area contributed by atoms with E-state index in [0.717, 1.165) is 26.1 Å². The van der Waals surface area contributed by atoms with Crippen molar-refractivity contribution in [3.63, 3.8) is 0 Å². The van der Waals surface area contributed by atoms with E-state index < -0.39 is 5.54 Å². The molecular formula is C12H27N3O2. The average molecular weight is 245 g/mol. The molecular weight excluding hydrogens is 218 g/mol. The molecule has 17 heavy (non-hydrogen) atoms. The highest BCUT2D eigenvalue weighted by atomic mass is 16.5. The normalized spacial score (nSPS) is 15.1. The number of hydrogen-bond acceptors (Lipinski definition) is 5. The largest absolute Gasteiger partial charge is 0.468 e. The van der Waals surface area contributed by atoms with Gasteiger partial charge in [-0.05, 0) is 47.1 Å². The minimum absolute atomic E-state index is 0.358. The highest BCUT2D eigenvalue weighted by molar-refractivity contribution is 5.80. The summed E-state index contributed by atoms with van der Waals surface area (Å²) in [7, 11) is 5.48. The Morgan fingerprint density at radius 2 is 1.94 bits per heavy atom. The van der Waals surface area contributed by atoms with Crippen LogP contribution in [-0.2, 0) is 9.53 Å². The van der Waals surface area contributed by atoms with E-state index in [-0.39, 0.29) is 5.97 Å². The van der Waals surface area contributed by atoms with Crippen LogP contribution in [0.15, 0.2) is 0 Å². The second kappa shape index (κ2) is 7.63. The van der Waals surface area contributed by atoms with E-state index in [4.69, 9.17) is 10.5 Å². The number of carbonyl (C=O) groups is 1. The lowest BCUT2D eigenvalue weighted by Gasteiger charge is -2.29. The maximum absolute atomic E-state index is 11.5. The monoisotopic (exact) mass is 245 g/mol. The van der Waals surface area contributed by atoms with Gasteiger partial charge in [0.25, 0.3) is 0 Å². The van der Waals surface area contributed by atoms with E-state index >= 15 is 0 Å². The van der Waals surface area contributed by atoms with Gasteiger partial charge in [0.15, 0.2) is 0 Å². The number of ether oxygens (including phenoxy) is 1. The highest BCUT2D eigenvalue weighted by Gasteiger charge is 2.31. The van der Waals surface area contributed by atoms with Crippen LogP contribution in [0.1, 0.15) is 20.3 Å². The van der Waals surface area contributed by atoms with Crippen molar-refractivity contribution in [2.75, 3.05) is 47.4 Å². The molecule has 0 bridgehead atoms. The van der Waals surface area contributed by atoms with Crippen molar-refractivity contribution in [2.24, 2.45) is 5.73 Å². The van der Waals surface area contributed by atoms with Crippen molar-refractivity contribution >= 4 is 5.97 Å². The lowest BCUT2D eigenvalue weighted by atomic mass is 10.0. The van der Waals surface area contributed by atoms with E-state index in [2.05, 4.69) is 30.8 Å². The third kappa shape index (κ3) is 6.61. The fourth-order valence-electron chi connectivity index (χ4n) is 1.72. The summed E-state index contributed by atoms with van der Waals surface area (Å²) in [5.41, 5.74) is 5.02. The summed E-state index contributed by atoms with van der Waals surface area (Å²) in [6.07, 6.45) is 1.07. The SMILES string of the molecule is CCN(CCCN(C)C)CC(C)(N)C(=O)OC. The fraction of sp³-hybridized carbons (Fsp3) is 0.917. The molecule has 1 unspecified atom stereocenters. The van der Waals surface area contributed by atoms with E-state index in [1.54, 1.807) is 6.92 Å². The van der Waals surface area contributed by atoms with Gasteiger partial charge in [0.2, 0.25) is 0 Å². The molecule has 0 rings (SSSR count). The lowest BCUT2D eigenvalue weighted by molar-refractivity contribution is -0.147. The topological polar surface area (TPSA) is 58.8 Å². The third-order valence-corrected chi connectivity index (χ3v) is 2.73. The first-order valence-electron chi connectivity index (χ1n) is 6.08. The molecule has 0 spiro atoms. The molecule has 0 heterocycles. The van der Waals surface area contributed by atoms with Crippen LogP contribution in [0.3, 0.4) is 0 Å². The van der Waals surface area contributed by atoms with Crippen molar-refractivity contribution in [1.82, 2.24) is 9.80 Å². The lowest BCUT2D eigenvalue weighted by Crippen LogP contribution is -2.54. The maximum atomic E-state index is 11.5. The molecule has 0 amide bonds. The molecule has 0 fully saturated rings. The van der Waals surface area contributed by atoms with E-state index in [9.17, 15) is 4.79 Å². The van der Waals surface area contributed by atoms with Crippen LogP contribution in [-0.4, -0.2) is 68.7 Å². The number of nitrogens with zero attached hydrogens (tertiary/aromatic N) is 2. The molecule has 0 aromatic carbocycles. The highest BCUT2D eigenvalue weighted by Crippen LogP contribution is 2.06. The molecule has 0 aliphatic carbocycles. The molecule has 0 aliphatic rings. The molecule has 5 nitrogen and oxygen atoms in total. The van der Waals surface area contributed by atoms with Crippen molar-refractivity contribution < 1.29 is 9.53 Å². The third-order valence-electron chi connectivity index (χ3n) is 2.73. The second-order valence-corrected chi connectivity index (χ2v) is 4.93. The quantitative estimate of drug-likeness (QED) is 0.617. The molecule has 0 saturated heterocycles. The number of esters is 1. The molecule has 1 atom stereocenters.